The lowest BCUT2D eigenvalue weighted by Gasteiger charge is -2.10. The predicted octanol–water partition coefficient (Wildman–Crippen LogP) is 5.04. The summed E-state index contributed by atoms with van der Waals surface area (Å²) in [5.41, 5.74) is 1.70. The minimum Gasteiger partial charge on any atom is -0.478 e. The first-order valence-electron chi connectivity index (χ1n) is 6.42. The summed E-state index contributed by atoms with van der Waals surface area (Å²) >= 11 is 3.45. The molecule has 21 heavy (non-hydrogen) atoms. The highest BCUT2D eigenvalue weighted by atomic mass is 79.9. The van der Waals surface area contributed by atoms with E-state index in [1.807, 2.05) is 42.5 Å². The summed E-state index contributed by atoms with van der Waals surface area (Å²) in [6.45, 7) is 0. The first-order valence-corrected chi connectivity index (χ1v) is 7.21. The van der Waals surface area contributed by atoms with E-state index in [1.54, 1.807) is 18.2 Å². The summed E-state index contributed by atoms with van der Waals surface area (Å²) in [5.74, 6) is -0.942. The molecular weight excluding hydrogens is 330 g/mol. The molecule has 3 rings (SSSR count). The molecule has 0 unspecified atom stereocenters. The van der Waals surface area contributed by atoms with Gasteiger partial charge in [0.05, 0.1) is 11.3 Å². The first-order chi connectivity index (χ1) is 10.1. The van der Waals surface area contributed by atoms with Gasteiger partial charge in [-0.05, 0) is 47.2 Å². The van der Waals surface area contributed by atoms with Gasteiger partial charge in [0.15, 0.2) is 0 Å². The third-order valence-corrected chi connectivity index (χ3v) is 3.73. The average Bonchev–Trinajstić information content (AvgIpc) is 2.48. The first kappa shape index (κ1) is 13.6. The molecule has 0 aliphatic carbocycles. The molecule has 0 fully saturated rings. The van der Waals surface area contributed by atoms with E-state index in [2.05, 4.69) is 21.2 Å². The lowest BCUT2D eigenvalue weighted by atomic mass is 10.1. The molecule has 0 heterocycles. The van der Waals surface area contributed by atoms with Crippen LogP contribution < -0.4 is 5.32 Å². The van der Waals surface area contributed by atoms with Crippen LogP contribution in [0.2, 0.25) is 0 Å². The lowest BCUT2D eigenvalue weighted by Crippen LogP contribution is -2.02. The van der Waals surface area contributed by atoms with Crippen molar-refractivity contribution >= 4 is 44.0 Å². The summed E-state index contributed by atoms with van der Waals surface area (Å²) < 4.78 is 1.03. The fraction of sp³-hybridized carbons (Fsp3) is 0. The average molecular weight is 342 g/mol. The van der Waals surface area contributed by atoms with Gasteiger partial charge in [0, 0.05) is 10.2 Å². The fourth-order valence-corrected chi connectivity index (χ4v) is 2.61. The van der Waals surface area contributed by atoms with Crippen LogP contribution in [0, 0.1) is 0 Å². The molecule has 104 valence electrons. The van der Waals surface area contributed by atoms with Crippen molar-refractivity contribution in [2.75, 3.05) is 5.32 Å². The molecule has 3 nitrogen and oxygen atoms in total. The Bertz CT molecular complexity index is 830. The van der Waals surface area contributed by atoms with Crippen LogP contribution in [0.3, 0.4) is 0 Å². The van der Waals surface area contributed by atoms with Crippen LogP contribution in [0.15, 0.2) is 65.1 Å². The van der Waals surface area contributed by atoms with Crippen molar-refractivity contribution in [3.05, 3.63) is 70.7 Å². The van der Waals surface area contributed by atoms with Gasteiger partial charge in [0.1, 0.15) is 0 Å². The normalized spacial score (nSPS) is 10.5. The van der Waals surface area contributed by atoms with Crippen molar-refractivity contribution in [3.8, 4) is 0 Å². The predicted molar refractivity (Wildman–Crippen MR) is 88.3 cm³/mol. The number of hydrogen-bond acceptors (Lipinski definition) is 2. The quantitative estimate of drug-likeness (QED) is 0.701. The number of halogens is 1. The summed E-state index contributed by atoms with van der Waals surface area (Å²) in [6, 6.07) is 18.9. The Morgan fingerprint density at radius 1 is 0.952 bits per heavy atom. The second kappa shape index (κ2) is 5.58. The van der Waals surface area contributed by atoms with E-state index in [4.69, 9.17) is 0 Å². The molecule has 0 aromatic heterocycles. The van der Waals surface area contributed by atoms with Gasteiger partial charge in [-0.2, -0.15) is 0 Å². The van der Waals surface area contributed by atoms with Crippen molar-refractivity contribution in [2.24, 2.45) is 0 Å². The van der Waals surface area contributed by atoms with E-state index >= 15 is 0 Å². The molecule has 2 N–H and O–H groups in total. The molecule has 0 saturated carbocycles. The van der Waals surface area contributed by atoms with Gasteiger partial charge in [0.25, 0.3) is 0 Å². The minimum atomic E-state index is -0.942. The highest BCUT2D eigenvalue weighted by molar-refractivity contribution is 9.10. The minimum absolute atomic E-state index is 0.258. The van der Waals surface area contributed by atoms with Crippen LogP contribution >= 0.6 is 15.9 Å². The van der Waals surface area contributed by atoms with Crippen molar-refractivity contribution in [1.82, 2.24) is 0 Å². The zero-order valence-corrected chi connectivity index (χ0v) is 12.6. The molecule has 0 aliphatic heterocycles. The largest absolute Gasteiger partial charge is 0.478 e. The van der Waals surface area contributed by atoms with Crippen LogP contribution in [0.25, 0.3) is 10.8 Å². The Kier molecular flexibility index (Phi) is 3.62. The Balaban J connectivity index is 1.99. The molecule has 0 saturated heterocycles. The zero-order chi connectivity index (χ0) is 14.8. The van der Waals surface area contributed by atoms with Crippen LogP contribution in [-0.4, -0.2) is 11.1 Å². The summed E-state index contributed by atoms with van der Waals surface area (Å²) in [4.78, 5) is 11.2. The van der Waals surface area contributed by atoms with E-state index < -0.39 is 5.97 Å². The highest BCUT2D eigenvalue weighted by Crippen LogP contribution is 2.26. The SMILES string of the molecule is O=C(O)c1ccccc1Nc1ccc2cc(Br)ccc2c1. The van der Waals surface area contributed by atoms with Gasteiger partial charge in [-0.25, -0.2) is 4.79 Å². The fourth-order valence-electron chi connectivity index (χ4n) is 2.23. The number of nitrogens with one attached hydrogen (secondary N) is 1. The van der Waals surface area contributed by atoms with Gasteiger partial charge >= 0.3 is 5.97 Å². The highest BCUT2D eigenvalue weighted by Gasteiger charge is 2.09. The molecular formula is C17H12BrNO2. The topological polar surface area (TPSA) is 49.3 Å². The number of fused-ring (bicyclic) bond motifs is 1. The third kappa shape index (κ3) is 2.90. The maximum atomic E-state index is 11.2. The number of benzene rings is 3. The van der Waals surface area contributed by atoms with E-state index in [1.165, 1.54) is 0 Å². The smallest absolute Gasteiger partial charge is 0.337 e. The zero-order valence-electron chi connectivity index (χ0n) is 11.0. The maximum Gasteiger partial charge on any atom is 0.337 e. The van der Waals surface area contributed by atoms with E-state index in [-0.39, 0.29) is 5.56 Å². The second-order valence-corrected chi connectivity index (χ2v) is 5.60. The van der Waals surface area contributed by atoms with Gasteiger partial charge in [-0.15, -0.1) is 0 Å². The van der Waals surface area contributed by atoms with Gasteiger partial charge < -0.3 is 10.4 Å². The van der Waals surface area contributed by atoms with Crippen molar-refractivity contribution in [2.45, 2.75) is 0 Å². The van der Waals surface area contributed by atoms with Crippen LogP contribution in [0.5, 0.6) is 0 Å². The molecule has 0 radical (unpaired) electrons. The van der Waals surface area contributed by atoms with E-state index in [0.717, 1.165) is 20.9 Å². The van der Waals surface area contributed by atoms with Gasteiger partial charge in [-0.1, -0.05) is 40.2 Å². The second-order valence-electron chi connectivity index (χ2n) is 4.68. The number of carbonyl (C=O) groups is 1. The summed E-state index contributed by atoms with van der Waals surface area (Å²) in [6.07, 6.45) is 0. The van der Waals surface area contributed by atoms with Gasteiger partial charge in [-0.3, -0.25) is 0 Å². The number of hydrogen-bond donors (Lipinski definition) is 2. The monoisotopic (exact) mass is 341 g/mol. The van der Waals surface area contributed by atoms with Crippen molar-refractivity contribution in [1.29, 1.82) is 0 Å². The number of aromatic carboxylic acids is 1. The molecule has 0 spiro atoms. The van der Waals surface area contributed by atoms with E-state index in [0.29, 0.717) is 5.69 Å². The molecule has 3 aromatic rings. The number of anilines is 2. The van der Waals surface area contributed by atoms with Crippen molar-refractivity contribution < 1.29 is 9.90 Å². The Labute approximate surface area is 130 Å². The summed E-state index contributed by atoms with van der Waals surface area (Å²) in [7, 11) is 0. The number of rotatable bonds is 3. The van der Waals surface area contributed by atoms with Crippen LogP contribution in [0.1, 0.15) is 10.4 Å². The lowest BCUT2D eigenvalue weighted by molar-refractivity contribution is 0.0698. The van der Waals surface area contributed by atoms with Crippen LogP contribution in [0.4, 0.5) is 11.4 Å². The number of para-hydroxylation sites is 1. The van der Waals surface area contributed by atoms with Crippen molar-refractivity contribution in [3.63, 3.8) is 0 Å². The molecule has 0 amide bonds. The number of carboxylic acid groups (broad SMARTS) is 1. The van der Waals surface area contributed by atoms with E-state index in [9.17, 15) is 9.90 Å². The molecule has 4 heteroatoms. The molecule has 0 aliphatic rings. The molecule has 0 atom stereocenters. The number of carboxylic acids is 1. The molecule has 0 bridgehead atoms. The Morgan fingerprint density at radius 3 is 2.48 bits per heavy atom. The summed E-state index contributed by atoms with van der Waals surface area (Å²) in [5, 5.41) is 14.6. The standard InChI is InChI=1S/C17H12BrNO2/c18-13-7-5-12-10-14(8-6-11(12)9-13)19-16-4-2-1-3-15(16)17(20)21/h1-10,19H,(H,20,21). The Hall–Kier alpha value is -2.33. The molecule has 3 aromatic carbocycles. The van der Waals surface area contributed by atoms with Gasteiger partial charge in [0.2, 0.25) is 0 Å². The maximum absolute atomic E-state index is 11.2. The Morgan fingerprint density at radius 2 is 1.67 bits per heavy atom. The third-order valence-electron chi connectivity index (χ3n) is 3.24. The van der Waals surface area contributed by atoms with Crippen LogP contribution in [-0.2, 0) is 0 Å².